The Bertz CT molecular complexity index is 865. The van der Waals surface area contributed by atoms with Gasteiger partial charge < -0.3 is 14.2 Å². The average molecular weight is 656 g/mol. The lowest BCUT2D eigenvalue weighted by molar-refractivity contribution is -0.457. The van der Waals surface area contributed by atoms with Gasteiger partial charge in [-0.1, -0.05) is 0 Å². The molecular formula is C14H3F23O3. The summed E-state index contributed by atoms with van der Waals surface area (Å²) < 4.78 is 308. The van der Waals surface area contributed by atoms with Crippen molar-refractivity contribution in [2.75, 3.05) is 0 Å². The van der Waals surface area contributed by atoms with Crippen molar-refractivity contribution in [1.82, 2.24) is 0 Å². The van der Waals surface area contributed by atoms with Crippen LogP contribution in [0.4, 0.5) is 101 Å². The molecule has 0 aromatic rings. The van der Waals surface area contributed by atoms with Crippen molar-refractivity contribution in [3.63, 3.8) is 0 Å². The Hall–Kier alpha value is -2.15. The van der Waals surface area contributed by atoms with E-state index >= 15 is 0 Å². The van der Waals surface area contributed by atoms with Crippen molar-refractivity contribution >= 4 is 0 Å². The molecule has 40 heavy (non-hydrogen) atoms. The van der Waals surface area contributed by atoms with Crippen LogP contribution in [0.15, 0.2) is 11.6 Å². The van der Waals surface area contributed by atoms with E-state index in [1.807, 2.05) is 0 Å². The molecule has 0 unspecified atom stereocenters. The minimum atomic E-state index is -7.87. The van der Waals surface area contributed by atoms with Crippen molar-refractivity contribution in [2.45, 2.75) is 73.0 Å². The third-order valence-electron chi connectivity index (χ3n) is 4.17. The molecule has 0 aromatic heterocycles. The van der Waals surface area contributed by atoms with Crippen molar-refractivity contribution in [3.05, 3.63) is 11.6 Å². The summed E-state index contributed by atoms with van der Waals surface area (Å²) in [5, 5.41) is 0. The fraction of sp³-hybridized carbons (Fsp3) is 0.857. The molecule has 0 radical (unpaired) electrons. The third-order valence-corrected chi connectivity index (χ3v) is 4.17. The number of hydrogen-bond acceptors (Lipinski definition) is 3. The first-order valence-corrected chi connectivity index (χ1v) is 8.65. The monoisotopic (exact) mass is 656 g/mol. The quantitative estimate of drug-likeness (QED) is 0.217. The first-order valence-electron chi connectivity index (χ1n) is 8.65. The van der Waals surface area contributed by atoms with E-state index in [-0.39, 0.29) is 0 Å². The number of ether oxygens (including phenoxy) is 3. The second-order valence-electron chi connectivity index (χ2n) is 7.15. The van der Waals surface area contributed by atoms with E-state index in [9.17, 15) is 101 Å². The maximum atomic E-state index is 14.6. The Morgan fingerprint density at radius 3 is 0.925 bits per heavy atom. The number of rotatable bonds is 6. The first kappa shape index (κ1) is 35.9. The Morgan fingerprint density at radius 1 is 0.450 bits per heavy atom. The van der Waals surface area contributed by atoms with Gasteiger partial charge in [-0.25, -0.2) is 4.39 Å². The van der Waals surface area contributed by atoms with Gasteiger partial charge in [0.25, 0.3) is 18.3 Å². The molecule has 0 heterocycles. The molecule has 0 N–H and O–H groups in total. The van der Waals surface area contributed by atoms with Crippen LogP contribution in [-0.2, 0) is 14.2 Å². The van der Waals surface area contributed by atoms with Crippen LogP contribution in [0, 0.1) is 0 Å². The maximum absolute atomic E-state index is 14.6. The van der Waals surface area contributed by atoms with E-state index in [0.29, 0.717) is 0 Å². The van der Waals surface area contributed by atoms with Crippen LogP contribution in [0.5, 0.6) is 0 Å². The second kappa shape index (κ2) is 9.71. The average Bonchev–Trinajstić information content (AvgIpc) is 2.71. The Balaban J connectivity index is 4.23. The van der Waals surface area contributed by atoms with Crippen molar-refractivity contribution in [3.8, 4) is 0 Å². The lowest BCUT2D eigenvalue weighted by Gasteiger charge is -2.41. The molecule has 0 saturated carbocycles. The molecule has 26 heteroatoms. The normalized spacial score (nSPS) is 20.8. The molecule has 0 saturated heterocycles. The molecule has 1 aliphatic rings. The van der Waals surface area contributed by atoms with Gasteiger partial charge in [-0.05, 0) is 0 Å². The molecule has 0 aromatic carbocycles. The summed E-state index contributed by atoms with van der Waals surface area (Å²) >= 11 is 0. The van der Waals surface area contributed by atoms with Crippen LogP contribution in [-0.4, -0.2) is 73.0 Å². The van der Waals surface area contributed by atoms with Crippen LogP contribution in [0.2, 0.25) is 0 Å². The molecule has 1 rings (SSSR count). The summed E-state index contributed by atoms with van der Waals surface area (Å²) in [4.78, 5) is 0. The molecule has 0 bridgehead atoms. The van der Waals surface area contributed by atoms with Gasteiger partial charge in [-0.3, -0.25) is 0 Å². The highest BCUT2D eigenvalue weighted by Crippen LogP contribution is 2.63. The molecule has 0 aliphatic heterocycles. The molecule has 3 nitrogen and oxygen atoms in total. The lowest BCUT2D eigenvalue weighted by Crippen LogP contribution is -2.65. The maximum Gasteiger partial charge on any atom is 0.434 e. The van der Waals surface area contributed by atoms with Gasteiger partial charge in [0.15, 0.2) is 0 Å². The second-order valence-corrected chi connectivity index (χ2v) is 7.15. The van der Waals surface area contributed by atoms with Crippen molar-refractivity contribution in [2.24, 2.45) is 0 Å². The smallest absolute Gasteiger partial charge is 0.434 e. The number of alkyl halides is 22. The van der Waals surface area contributed by atoms with Crippen LogP contribution in [0.3, 0.4) is 0 Å². The lowest BCUT2D eigenvalue weighted by atomic mass is 10.1. The van der Waals surface area contributed by atoms with Gasteiger partial charge in [-0.2, -0.15) is 96.6 Å². The van der Waals surface area contributed by atoms with E-state index < -0.39 is 84.6 Å². The van der Waals surface area contributed by atoms with Gasteiger partial charge in [0, 0.05) is 0 Å². The fourth-order valence-corrected chi connectivity index (χ4v) is 2.59. The summed E-state index contributed by atoms with van der Waals surface area (Å²) in [6.45, 7) is 0. The molecule has 1 aliphatic carbocycles. The summed E-state index contributed by atoms with van der Waals surface area (Å²) in [6, 6.07) is 0. The topological polar surface area (TPSA) is 27.7 Å². The van der Waals surface area contributed by atoms with Gasteiger partial charge in [0.2, 0.25) is 11.6 Å². The minimum Gasteiger partial charge on any atom is -0.466 e. The van der Waals surface area contributed by atoms with Gasteiger partial charge >= 0.3 is 54.7 Å². The highest BCUT2D eigenvalue weighted by Gasteiger charge is 2.86. The Kier molecular flexibility index (Phi) is 8.71. The van der Waals surface area contributed by atoms with Crippen molar-refractivity contribution in [1.29, 1.82) is 0 Å². The van der Waals surface area contributed by atoms with Crippen LogP contribution >= 0.6 is 0 Å². The molecule has 238 valence electrons. The SMILES string of the molecule is FC1=C(OC(C(F)(F)F)C(F)(F)F)C(F)(F)C(F)(F)C1(OC(C(F)(F)F)C(F)(F)F)OC(C(F)(F)F)C(F)(F)F. The van der Waals surface area contributed by atoms with E-state index in [0.717, 1.165) is 0 Å². The van der Waals surface area contributed by atoms with Gasteiger partial charge in [0.1, 0.15) is 0 Å². The highest BCUT2D eigenvalue weighted by atomic mass is 19.4. The van der Waals surface area contributed by atoms with Crippen molar-refractivity contribution < 1.29 is 115 Å². The molecule has 0 spiro atoms. The largest absolute Gasteiger partial charge is 0.466 e. The van der Waals surface area contributed by atoms with E-state index in [1.165, 1.54) is 0 Å². The zero-order valence-corrected chi connectivity index (χ0v) is 17.1. The van der Waals surface area contributed by atoms with Crippen LogP contribution in [0.1, 0.15) is 0 Å². The van der Waals surface area contributed by atoms with E-state index in [1.54, 1.807) is 0 Å². The number of hydrogen-bond donors (Lipinski definition) is 0. The zero-order chi connectivity index (χ0) is 32.5. The minimum absolute atomic E-state index is 2.22. The van der Waals surface area contributed by atoms with E-state index in [2.05, 4.69) is 14.2 Å². The summed E-state index contributed by atoms with van der Waals surface area (Å²) in [6.07, 6.45) is -62.4. The van der Waals surface area contributed by atoms with E-state index in [4.69, 9.17) is 0 Å². The Morgan fingerprint density at radius 2 is 0.700 bits per heavy atom. The zero-order valence-electron chi connectivity index (χ0n) is 17.1. The Labute approximate surface area is 201 Å². The number of halogens is 23. The van der Waals surface area contributed by atoms with Gasteiger partial charge in [-0.15, -0.1) is 0 Å². The fourth-order valence-electron chi connectivity index (χ4n) is 2.59. The van der Waals surface area contributed by atoms with Crippen LogP contribution in [0.25, 0.3) is 0 Å². The molecule has 0 atom stereocenters. The molecule has 0 fully saturated rings. The van der Waals surface area contributed by atoms with Gasteiger partial charge in [0.05, 0.1) is 0 Å². The third kappa shape index (κ3) is 6.50. The predicted molar refractivity (Wildman–Crippen MR) is 71.7 cm³/mol. The summed E-state index contributed by atoms with van der Waals surface area (Å²) in [7, 11) is 0. The number of allylic oxidation sites excluding steroid dienone is 1. The van der Waals surface area contributed by atoms with Crippen LogP contribution < -0.4 is 0 Å². The standard InChI is InChI=1S/C14H3F23O3/c15-1-2(38-3(8(18,19)20)9(21,22)23)6(16,17)14(36,37)7(1,39-4(10(24,25)26)11(27,28)29)40-5(12(30,31)32)13(33,34)35/h3-5H. The highest BCUT2D eigenvalue weighted by molar-refractivity contribution is 5.35. The molecular weight excluding hydrogens is 653 g/mol. The summed E-state index contributed by atoms with van der Waals surface area (Å²) in [5.74, 6) is -32.3. The first-order chi connectivity index (χ1) is 17.1. The predicted octanol–water partition coefficient (Wildman–Crippen LogP) is 7.68. The molecule has 0 amide bonds. The summed E-state index contributed by atoms with van der Waals surface area (Å²) in [5.41, 5.74) is 0.